The Morgan fingerprint density at radius 3 is 2.17 bits per heavy atom. The van der Waals surface area contributed by atoms with Gasteiger partial charge in [-0.05, 0) is 24.3 Å². The Hall–Kier alpha value is -3.07. The Kier molecular flexibility index (Phi) is 5.66. The number of rotatable bonds is 4. The lowest BCUT2D eigenvalue weighted by Gasteiger charge is -2.34. The maximum atomic E-state index is 13.0. The summed E-state index contributed by atoms with van der Waals surface area (Å²) in [6.07, 6.45) is 3.22. The van der Waals surface area contributed by atoms with Gasteiger partial charge in [0.25, 0.3) is 11.8 Å². The van der Waals surface area contributed by atoms with Gasteiger partial charge >= 0.3 is 0 Å². The normalized spacial score (nSPS) is 17.4. The maximum Gasteiger partial charge on any atom is 0.289 e. The number of carbonyl (C=O) groups is 3. The zero-order valence-electron chi connectivity index (χ0n) is 16.2. The third-order valence-electron chi connectivity index (χ3n) is 5.30. The third kappa shape index (κ3) is 4.19. The topological polar surface area (TPSA) is 88.2 Å². The second-order valence-corrected chi connectivity index (χ2v) is 7.08. The molecule has 2 aliphatic rings. The molecule has 0 saturated carbocycles. The second kappa shape index (κ2) is 8.52. The predicted molar refractivity (Wildman–Crippen MR) is 102 cm³/mol. The predicted octanol–water partition coefficient (Wildman–Crippen LogP) is 0.538. The van der Waals surface area contributed by atoms with Crippen LogP contribution in [0.1, 0.15) is 21.0 Å². The highest BCUT2D eigenvalue weighted by Crippen LogP contribution is 2.13. The molecule has 2 aromatic rings. The van der Waals surface area contributed by atoms with Crippen molar-refractivity contribution in [1.82, 2.24) is 19.3 Å². The highest BCUT2D eigenvalue weighted by molar-refractivity contribution is 5.94. The Balaban J connectivity index is 1.35. The van der Waals surface area contributed by atoms with E-state index in [2.05, 4.69) is 0 Å². The van der Waals surface area contributed by atoms with Crippen LogP contribution in [0.5, 0.6) is 0 Å². The molecule has 3 amide bonds. The zero-order valence-corrected chi connectivity index (χ0v) is 16.2. The Labute approximate surface area is 168 Å². The van der Waals surface area contributed by atoms with Crippen molar-refractivity contribution in [2.24, 2.45) is 0 Å². The van der Waals surface area contributed by atoms with E-state index in [0.717, 1.165) is 0 Å². The van der Waals surface area contributed by atoms with Gasteiger partial charge in [-0.1, -0.05) is 0 Å². The van der Waals surface area contributed by atoms with Crippen LogP contribution >= 0.6 is 0 Å². The van der Waals surface area contributed by atoms with Gasteiger partial charge in [0, 0.05) is 45.5 Å². The maximum absolute atomic E-state index is 13.0. The van der Waals surface area contributed by atoms with E-state index >= 15 is 0 Å². The number of hydrogen-bond donors (Lipinski definition) is 0. The van der Waals surface area contributed by atoms with Gasteiger partial charge in [0.15, 0.2) is 5.76 Å². The summed E-state index contributed by atoms with van der Waals surface area (Å²) in [5.74, 6) is -0.0100. The SMILES string of the molecule is O=C(Cn1cccc1C(=O)N1CCN(C(=O)c2ccco2)CC1)N1CCOCC1. The van der Waals surface area contributed by atoms with Crippen LogP contribution in [0.15, 0.2) is 41.1 Å². The molecule has 0 atom stereocenters. The number of amides is 3. The Bertz CT molecular complexity index is 861. The summed E-state index contributed by atoms with van der Waals surface area (Å²) in [6.45, 7) is 4.14. The molecule has 2 fully saturated rings. The summed E-state index contributed by atoms with van der Waals surface area (Å²) >= 11 is 0. The average Bonchev–Trinajstić information content (AvgIpc) is 3.46. The van der Waals surface area contributed by atoms with Gasteiger partial charge in [-0.25, -0.2) is 0 Å². The van der Waals surface area contributed by atoms with Crippen LogP contribution in [0.4, 0.5) is 0 Å². The number of morpholine rings is 1. The summed E-state index contributed by atoms with van der Waals surface area (Å²) in [5, 5.41) is 0. The van der Waals surface area contributed by atoms with Crippen molar-refractivity contribution in [3.8, 4) is 0 Å². The fourth-order valence-electron chi connectivity index (χ4n) is 3.64. The van der Waals surface area contributed by atoms with Crippen LogP contribution < -0.4 is 0 Å². The van der Waals surface area contributed by atoms with E-state index in [4.69, 9.17) is 9.15 Å². The molecule has 0 spiro atoms. The van der Waals surface area contributed by atoms with Crippen molar-refractivity contribution in [2.75, 3.05) is 52.5 Å². The Morgan fingerprint density at radius 2 is 1.52 bits per heavy atom. The molecule has 0 radical (unpaired) electrons. The van der Waals surface area contributed by atoms with Gasteiger partial charge in [-0.2, -0.15) is 0 Å². The van der Waals surface area contributed by atoms with Crippen LogP contribution in [0.3, 0.4) is 0 Å². The summed E-state index contributed by atoms with van der Waals surface area (Å²) in [4.78, 5) is 43.0. The molecule has 9 nitrogen and oxygen atoms in total. The van der Waals surface area contributed by atoms with Crippen LogP contribution in [0, 0.1) is 0 Å². The molecule has 154 valence electrons. The highest BCUT2D eigenvalue weighted by atomic mass is 16.5. The van der Waals surface area contributed by atoms with Crippen molar-refractivity contribution >= 4 is 17.7 Å². The molecule has 0 unspecified atom stereocenters. The molecule has 0 bridgehead atoms. The van der Waals surface area contributed by atoms with Crippen LogP contribution in [-0.4, -0.2) is 89.5 Å². The fourth-order valence-corrected chi connectivity index (χ4v) is 3.64. The van der Waals surface area contributed by atoms with E-state index in [1.165, 1.54) is 6.26 Å². The minimum absolute atomic E-state index is 0.0209. The van der Waals surface area contributed by atoms with Gasteiger partial charge in [-0.15, -0.1) is 0 Å². The number of furan rings is 1. The van der Waals surface area contributed by atoms with Gasteiger partial charge < -0.3 is 28.4 Å². The van der Waals surface area contributed by atoms with Crippen molar-refractivity contribution in [3.05, 3.63) is 48.2 Å². The number of nitrogens with zero attached hydrogens (tertiary/aromatic N) is 4. The van der Waals surface area contributed by atoms with E-state index in [0.29, 0.717) is 63.9 Å². The second-order valence-electron chi connectivity index (χ2n) is 7.08. The lowest BCUT2D eigenvalue weighted by atomic mass is 10.2. The largest absolute Gasteiger partial charge is 0.459 e. The van der Waals surface area contributed by atoms with Gasteiger partial charge in [-0.3, -0.25) is 14.4 Å². The van der Waals surface area contributed by atoms with Crippen molar-refractivity contribution < 1.29 is 23.5 Å². The molecule has 2 aliphatic heterocycles. The van der Waals surface area contributed by atoms with Crippen LogP contribution in [0.25, 0.3) is 0 Å². The third-order valence-corrected chi connectivity index (χ3v) is 5.30. The molecular weight excluding hydrogens is 376 g/mol. The summed E-state index contributed by atoms with van der Waals surface area (Å²) in [6, 6.07) is 6.82. The first-order chi connectivity index (χ1) is 14.1. The number of aromatic nitrogens is 1. The van der Waals surface area contributed by atoms with Crippen molar-refractivity contribution in [1.29, 1.82) is 0 Å². The molecule has 0 aromatic carbocycles. The van der Waals surface area contributed by atoms with Crippen molar-refractivity contribution in [2.45, 2.75) is 6.54 Å². The van der Waals surface area contributed by atoms with E-state index < -0.39 is 0 Å². The monoisotopic (exact) mass is 400 g/mol. The van der Waals surface area contributed by atoms with Crippen LogP contribution in [-0.2, 0) is 16.1 Å². The summed E-state index contributed by atoms with van der Waals surface area (Å²) < 4.78 is 12.1. The van der Waals surface area contributed by atoms with Gasteiger partial charge in [0.05, 0.1) is 19.5 Å². The van der Waals surface area contributed by atoms with E-state index in [1.807, 2.05) is 0 Å². The molecule has 0 aliphatic carbocycles. The van der Waals surface area contributed by atoms with Gasteiger partial charge in [0.1, 0.15) is 12.2 Å². The Morgan fingerprint density at radius 1 is 0.828 bits per heavy atom. The summed E-state index contributed by atoms with van der Waals surface area (Å²) in [5.41, 5.74) is 0.484. The molecule has 29 heavy (non-hydrogen) atoms. The molecule has 0 N–H and O–H groups in total. The zero-order chi connectivity index (χ0) is 20.2. The highest BCUT2D eigenvalue weighted by Gasteiger charge is 2.28. The number of ether oxygens (including phenoxy) is 1. The first-order valence-electron chi connectivity index (χ1n) is 9.76. The molecule has 4 rings (SSSR count). The number of hydrogen-bond acceptors (Lipinski definition) is 5. The first kappa shape index (κ1) is 19.3. The number of carbonyl (C=O) groups excluding carboxylic acids is 3. The minimum Gasteiger partial charge on any atom is -0.459 e. The number of piperazine rings is 1. The quantitative estimate of drug-likeness (QED) is 0.748. The minimum atomic E-state index is -0.165. The molecule has 4 heterocycles. The van der Waals surface area contributed by atoms with Gasteiger partial charge in [0.2, 0.25) is 5.91 Å². The molecular formula is C20H24N4O5. The lowest BCUT2D eigenvalue weighted by Crippen LogP contribution is -2.51. The molecule has 9 heteroatoms. The fraction of sp³-hybridized carbons (Fsp3) is 0.450. The van der Waals surface area contributed by atoms with Crippen LogP contribution in [0.2, 0.25) is 0 Å². The molecule has 2 aromatic heterocycles. The lowest BCUT2D eigenvalue weighted by molar-refractivity contribution is -0.135. The summed E-state index contributed by atoms with van der Waals surface area (Å²) in [7, 11) is 0. The smallest absolute Gasteiger partial charge is 0.289 e. The van der Waals surface area contributed by atoms with Crippen molar-refractivity contribution in [3.63, 3.8) is 0 Å². The van der Waals surface area contributed by atoms with E-state index in [9.17, 15) is 14.4 Å². The van der Waals surface area contributed by atoms with E-state index in [-0.39, 0.29) is 24.3 Å². The standard InChI is InChI=1S/C20H24N4O5/c25-18(21-10-13-28-14-11-21)15-24-5-1-3-16(24)19(26)22-6-8-23(9-7-22)20(27)17-4-2-12-29-17/h1-5,12H,6-11,13-15H2. The average molecular weight is 400 g/mol. The first-order valence-corrected chi connectivity index (χ1v) is 9.76. The molecule has 2 saturated heterocycles. The van der Waals surface area contributed by atoms with E-state index in [1.54, 1.807) is 49.7 Å².